The van der Waals surface area contributed by atoms with Crippen LogP contribution in [0.2, 0.25) is 4.34 Å². The van der Waals surface area contributed by atoms with Gasteiger partial charge in [-0.15, -0.1) is 23.1 Å². The predicted molar refractivity (Wildman–Crippen MR) is 62.3 cm³/mol. The van der Waals surface area contributed by atoms with Crippen molar-refractivity contribution in [3.05, 3.63) is 21.3 Å². The number of carbonyl (C=O) groups is 1. The molecule has 0 spiro atoms. The summed E-state index contributed by atoms with van der Waals surface area (Å²) in [7, 11) is 0. The highest BCUT2D eigenvalue weighted by Crippen LogP contribution is 2.27. The summed E-state index contributed by atoms with van der Waals surface area (Å²) in [4.78, 5) is 11.8. The monoisotopic (exact) mass is 250 g/mol. The third-order valence-corrected chi connectivity index (χ3v) is 4.53. The fourth-order valence-electron chi connectivity index (χ4n) is 0.976. The topological polar surface area (TPSA) is 37.3 Å². The molecular weight excluding hydrogens is 240 g/mol. The molecule has 0 saturated heterocycles. The zero-order chi connectivity index (χ0) is 10.6. The first-order valence-electron chi connectivity index (χ1n) is 4.22. The molecule has 0 aliphatic heterocycles. The van der Waals surface area contributed by atoms with Gasteiger partial charge in [0.05, 0.1) is 4.34 Å². The van der Waals surface area contributed by atoms with Crippen molar-refractivity contribution in [2.45, 2.75) is 24.3 Å². The van der Waals surface area contributed by atoms with Crippen molar-refractivity contribution in [1.82, 2.24) is 0 Å². The summed E-state index contributed by atoms with van der Waals surface area (Å²) in [5, 5.41) is 8.50. The molecule has 1 rings (SSSR count). The number of thiophene rings is 1. The first-order valence-corrected chi connectivity index (χ1v) is 6.46. The molecule has 0 saturated carbocycles. The van der Waals surface area contributed by atoms with Gasteiger partial charge in [0, 0.05) is 10.6 Å². The third kappa shape index (κ3) is 3.52. The van der Waals surface area contributed by atoms with E-state index in [-0.39, 0.29) is 5.25 Å². The van der Waals surface area contributed by atoms with E-state index in [9.17, 15) is 4.79 Å². The summed E-state index contributed by atoms with van der Waals surface area (Å²) in [6.07, 6.45) is 0.652. The molecule has 5 heteroatoms. The zero-order valence-corrected chi connectivity index (χ0v) is 10.1. The van der Waals surface area contributed by atoms with Gasteiger partial charge in [0.15, 0.2) is 0 Å². The fraction of sp³-hybridized carbons (Fsp3) is 0.444. The fourth-order valence-corrected chi connectivity index (χ4v) is 3.14. The molecule has 1 unspecified atom stereocenters. The lowest BCUT2D eigenvalue weighted by molar-refractivity contribution is -0.136. The van der Waals surface area contributed by atoms with Crippen molar-refractivity contribution in [1.29, 1.82) is 0 Å². The van der Waals surface area contributed by atoms with Crippen molar-refractivity contribution in [3.63, 3.8) is 0 Å². The molecule has 78 valence electrons. The van der Waals surface area contributed by atoms with Gasteiger partial charge in [0.1, 0.15) is 5.25 Å². The first-order chi connectivity index (χ1) is 6.63. The van der Waals surface area contributed by atoms with Crippen LogP contribution < -0.4 is 0 Å². The van der Waals surface area contributed by atoms with Gasteiger partial charge in [0.25, 0.3) is 0 Å². The number of rotatable bonds is 5. The van der Waals surface area contributed by atoms with Crippen molar-refractivity contribution in [2.24, 2.45) is 0 Å². The third-order valence-electron chi connectivity index (χ3n) is 1.70. The minimum absolute atomic E-state index is 0.309. The van der Waals surface area contributed by atoms with Crippen LogP contribution in [0.25, 0.3) is 0 Å². The molecule has 0 aromatic carbocycles. The Labute approximate surface area is 96.3 Å². The zero-order valence-electron chi connectivity index (χ0n) is 7.70. The van der Waals surface area contributed by atoms with Gasteiger partial charge in [-0.1, -0.05) is 18.5 Å². The molecule has 0 radical (unpaired) electrons. The van der Waals surface area contributed by atoms with Gasteiger partial charge in [0.2, 0.25) is 0 Å². The summed E-state index contributed by atoms with van der Waals surface area (Å²) < 4.78 is 0.754. The number of carboxylic acid groups (broad SMARTS) is 1. The minimum Gasteiger partial charge on any atom is -0.480 e. The molecule has 14 heavy (non-hydrogen) atoms. The van der Waals surface area contributed by atoms with E-state index >= 15 is 0 Å². The van der Waals surface area contributed by atoms with E-state index in [2.05, 4.69) is 0 Å². The number of hydrogen-bond donors (Lipinski definition) is 1. The van der Waals surface area contributed by atoms with Crippen LogP contribution in [-0.2, 0) is 10.5 Å². The highest BCUT2D eigenvalue weighted by molar-refractivity contribution is 7.99. The van der Waals surface area contributed by atoms with Gasteiger partial charge in [-0.3, -0.25) is 4.79 Å². The standard InChI is InChI=1S/C9H11ClO2S2/c1-2-7(9(11)12)13-5-6-3-4-8(10)14-6/h3-4,7H,2,5H2,1H3,(H,11,12). The second kappa shape index (κ2) is 5.63. The maximum Gasteiger partial charge on any atom is 0.316 e. The van der Waals surface area contributed by atoms with Crippen LogP contribution in [0, 0.1) is 0 Å². The van der Waals surface area contributed by atoms with E-state index in [4.69, 9.17) is 16.7 Å². The summed E-state index contributed by atoms with van der Waals surface area (Å²) in [5.41, 5.74) is 0. The quantitative estimate of drug-likeness (QED) is 0.869. The number of halogens is 1. The Morgan fingerprint density at radius 3 is 2.86 bits per heavy atom. The summed E-state index contributed by atoms with van der Waals surface area (Å²) in [5.74, 6) is -0.0116. The highest BCUT2D eigenvalue weighted by Gasteiger charge is 2.15. The smallest absolute Gasteiger partial charge is 0.316 e. The van der Waals surface area contributed by atoms with Crippen LogP contribution in [0.5, 0.6) is 0 Å². The molecule has 0 aliphatic rings. The van der Waals surface area contributed by atoms with Gasteiger partial charge < -0.3 is 5.11 Å². The van der Waals surface area contributed by atoms with Gasteiger partial charge in [-0.2, -0.15) is 0 Å². The van der Waals surface area contributed by atoms with E-state index < -0.39 is 5.97 Å². The Bertz CT molecular complexity index is 312. The lowest BCUT2D eigenvalue weighted by atomic mass is 10.3. The molecule has 2 nitrogen and oxygen atoms in total. The Morgan fingerprint density at radius 2 is 2.43 bits per heavy atom. The van der Waals surface area contributed by atoms with Gasteiger partial charge >= 0.3 is 5.97 Å². The number of carboxylic acids is 1. The van der Waals surface area contributed by atoms with Crippen molar-refractivity contribution >= 4 is 40.7 Å². The number of thioether (sulfide) groups is 1. The van der Waals surface area contributed by atoms with Crippen LogP contribution in [0.1, 0.15) is 18.2 Å². The van der Waals surface area contributed by atoms with Gasteiger partial charge in [-0.25, -0.2) is 0 Å². The molecule has 0 fully saturated rings. The average molecular weight is 251 g/mol. The molecule has 0 aliphatic carbocycles. The molecule has 1 heterocycles. The molecule has 1 aromatic rings. The SMILES string of the molecule is CCC(SCc1ccc(Cl)s1)C(=O)O. The lowest BCUT2D eigenvalue weighted by Crippen LogP contribution is -2.14. The molecule has 0 amide bonds. The number of hydrogen-bond acceptors (Lipinski definition) is 3. The predicted octanol–water partition coefficient (Wildman–Crippen LogP) is 3.50. The van der Waals surface area contributed by atoms with Crippen LogP contribution in [0.15, 0.2) is 12.1 Å². The largest absolute Gasteiger partial charge is 0.480 e. The second-order valence-electron chi connectivity index (χ2n) is 2.75. The highest BCUT2D eigenvalue weighted by atomic mass is 35.5. The van der Waals surface area contributed by atoms with E-state index in [1.54, 1.807) is 0 Å². The normalized spacial score (nSPS) is 12.7. The maximum atomic E-state index is 10.7. The van der Waals surface area contributed by atoms with E-state index in [1.165, 1.54) is 23.1 Å². The van der Waals surface area contributed by atoms with E-state index in [0.29, 0.717) is 6.42 Å². The molecule has 1 N–H and O–H groups in total. The Kier molecular flexibility index (Phi) is 4.78. The average Bonchev–Trinajstić information content (AvgIpc) is 2.52. The van der Waals surface area contributed by atoms with Crippen LogP contribution in [-0.4, -0.2) is 16.3 Å². The number of aliphatic carboxylic acids is 1. The van der Waals surface area contributed by atoms with E-state index in [0.717, 1.165) is 15.0 Å². The maximum absolute atomic E-state index is 10.7. The first kappa shape index (κ1) is 11.9. The summed E-state index contributed by atoms with van der Waals surface area (Å²) in [6.45, 7) is 1.88. The van der Waals surface area contributed by atoms with Crippen molar-refractivity contribution in [3.8, 4) is 0 Å². The Hall–Kier alpha value is -0.190. The minimum atomic E-state index is -0.736. The second-order valence-corrected chi connectivity index (χ2v) is 5.74. The van der Waals surface area contributed by atoms with Crippen molar-refractivity contribution < 1.29 is 9.90 Å². The van der Waals surface area contributed by atoms with E-state index in [1.807, 2.05) is 19.1 Å². The Morgan fingerprint density at radius 1 is 1.71 bits per heavy atom. The lowest BCUT2D eigenvalue weighted by Gasteiger charge is -2.07. The van der Waals surface area contributed by atoms with Gasteiger partial charge in [-0.05, 0) is 18.6 Å². The molecular formula is C9H11ClO2S2. The summed E-state index contributed by atoms with van der Waals surface area (Å²) in [6, 6.07) is 3.78. The molecule has 0 bridgehead atoms. The Balaban J connectivity index is 2.43. The summed E-state index contributed by atoms with van der Waals surface area (Å²) >= 11 is 8.72. The molecule has 1 aromatic heterocycles. The van der Waals surface area contributed by atoms with Crippen LogP contribution >= 0.6 is 34.7 Å². The molecule has 1 atom stereocenters. The van der Waals surface area contributed by atoms with Crippen LogP contribution in [0.4, 0.5) is 0 Å². The van der Waals surface area contributed by atoms with Crippen LogP contribution in [0.3, 0.4) is 0 Å². The van der Waals surface area contributed by atoms with Crippen molar-refractivity contribution in [2.75, 3.05) is 0 Å².